The van der Waals surface area contributed by atoms with E-state index >= 15 is 0 Å². The zero-order valence-electron chi connectivity index (χ0n) is 14.4. The molecule has 7 heteroatoms. The van der Waals surface area contributed by atoms with E-state index in [4.69, 9.17) is 0 Å². The maximum atomic E-state index is 12.4. The molecule has 2 aliphatic heterocycles. The SMILES string of the molecule is CCN(CC)C(=O)c1ccc(C2=CC=CN3CCS(O)(O)N=C23)cc1. The van der Waals surface area contributed by atoms with Crippen molar-refractivity contribution >= 4 is 28.1 Å². The molecule has 2 aliphatic rings. The predicted octanol–water partition coefficient (Wildman–Crippen LogP) is 3.46. The van der Waals surface area contributed by atoms with Crippen LogP contribution in [0, 0.1) is 0 Å². The van der Waals surface area contributed by atoms with Gasteiger partial charge in [0.15, 0.2) is 5.84 Å². The molecular formula is C18H23N3O3S. The third kappa shape index (κ3) is 3.63. The third-order valence-electron chi connectivity index (χ3n) is 4.37. The summed E-state index contributed by atoms with van der Waals surface area (Å²) in [5, 5.41) is 0. The van der Waals surface area contributed by atoms with Gasteiger partial charge in [-0.3, -0.25) is 13.9 Å². The van der Waals surface area contributed by atoms with E-state index in [9.17, 15) is 13.9 Å². The second-order valence-corrected chi connectivity index (χ2v) is 7.78. The van der Waals surface area contributed by atoms with Crippen molar-refractivity contribution in [1.29, 1.82) is 0 Å². The Morgan fingerprint density at radius 2 is 1.92 bits per heavy atom. The van der Waals surface area contributed by atoms with Crippen molar-refractivity contribution in [3.63, 3.8) is 0 Å². The first-order valence-corrected chi connectivity index (χ1v) is 10.0. The van der Waals surface area contributed by atoms with Gasteiger partial charge in [0.05, 0.1) is 5.75 Å². The molecule has 3 rings (SSSR count). The number of allylic oxidation sites excluding steroid dienone is 2. The summed E-state index contributed by atoms with van der Waals surface area (Å²) in [4.78, 5) is 16.1. The molecule has 0 spiro atoms. The summed E-state index contributed by atoms with van der Waals surface area (Å²) in [5.41, 5.74) is 2.36. The number of rotatable bonds is 4. The van der Waals surface area contributed by atoms with E-state index in [1.54, 1.807) is 17.0 Å². The van der Waals surface area contributed by atoms with Crippen LogP contribution in [0.4, 0.5) is 0 Å². The van der Waals surface area contributed by atoms with Crippen LogP contribution in [-0.2, 0) is 0 Å². The molecule has 0 aromatic heterocycles. The molecule has 6 nitrogen and oxygen atoms in total. The molecular weight excluding hydrogens is 338 g/mol. The highest BCUT2D eigenvalue weighted by molar-refractivity contribution is 8.23. The Morgan fingerprint density at radius 3 is 2.56 bits per heavy atom. The topological polar surface area (TPSA) is 76.4 Å². The molecule has 1 amide bonds. The number of amidine groups is 1. The minimum Gasteiger partial charge on any atom is -0.339 e. The lowest BCUT2D eigenvalue weighted by Crippen LogP contribution is -2.36. The van der Waals surface area contributed by atoms with Gasteiger partial charge in [-0.1, -0.05) is 22.9 Å². The summed E-state index contributed by atoms with van der Waals surface area (Å²) >= 11 is 0. The lowest BCUT2D eigenvalue weighted by atomic mass is 10.00. The van der Waals surface area contributed by atoms with Crippen LogP contribution in [0.1, 0.15) is 29.8 Å². The average Bonchev–Trinajstić information content (AvgIpc) is 2.61. The van der Waals surface area contributed by atoms with Crippen molar-refractivity contribution < 1.29 is 13.9 Å². The van der Waals surface area contributed by atoms with Gasteiger partial charge in [-0.2, -0.15) is 0 Å². The molecule has 0 radical (unpaired) electrons. The van der Waals surface area contributed by atoms with Crippen LogP contribution in [0.15, 0.2) is 47.0 Å². The number of carbonyl (C=O) groups excluding carboxylic acids is 1. The zero-order valence-corrected chi connectivity index (χ0v) is 15.2. The van der Waals surface area contributed by atoms with Gasteiger partial charge in [-0.25, -0.2) is 0 Å². The molecule has 0 saturated heterocycles. The molecule has 134 valence electrons. The Bertz CT molecular complexity index is 749. The second-order valence-electron chi connectivity index (χ2n) is 5.92. The Hall–Kier alpha value is -2.09. The molecule has 1 aromatic carbocycles. The van der Waals surface area contributed by atoms with Crippen molar-refractivity contribution in [2.45, 2.75) is 13.8 Å². The average molecular weight is 361 g/mol. The largest absolute Gasteiger partial charge is 0.339 e. The van der Waals surface area contributed by atoms with Crippen molar-refractivity contribution in [3.05, 3.63) is 53.7 Å². The van der Waals surface area contributed by atoms with Gasteiger partial charge in [0.1, 0.15) is 0 Å². The molecule has 0 atom stereocenters. The Kier molecular flexibility index (Phi) is 4.99. The smallest absolute Gasteiger partial charge is 0.253 e. The van der Waals surface area contributed by atoms with E-state index in [0.29, 0.717) is 31.0 Å². The van der Waals surface area contributed by atoms with Gasteiger partial charge in [0.25, 0.3) is 5.91 Å². The maximum Gasteiger partial charge on any atom is 0.253 e. The van der Waals surface area contributed by atoms with E-state index in [1.165, 1.54) is 0 Å². The van der Waals surface area contributed by atoms with Crippen LogP contribution < -0.4 is 0 Å². The monoisotopic (exact) mass is 361 g/mol. The number of carbonyl (C=O) groups is 1. The molecule has 0 saturated carbocycles. The number of amides is 1. The van der Waals surface area contributed by atoms with Crippen molar-refractivity contribution in [3.8, 4) is 0 Å². The van der Waals surface area contributed by atoms with Crippen LogP contribution in [0.2, 0.25) is 0 Å². The highest BCUT2D eigenvalue weighted by Crippen LogP contribution is 2.44. The van der Waals surface area contributed by atoms with Crippen LogP contribution in [-0.4, -0.2) is 56.0 Å². The van der Waals surface area contributed by atoms with Crippen LogP contribution in [0.25, 0.3) is 5.57 Å². The number of fused-ring (bicyclic) bond motifs is 1. The Balaban J connectivity index is 1.89. The van der Waals surface area contributed by atoms with Gasteiger partial charge < -0.3 is 9.80 Å². The van der Waals surface area contributed by atoms with Crippen molar-refractivity contribution in [2.24, 2.45) is 4.40 Å². The predicted molar refractivity (Wildman–Crippen MR) is 103 cm³/mol. The Labute approximate surface area is 149 Å². The van der Waals surface area contributed by atoms with E-state index < -0.39 is 10.8 Å². The maximum absolute atomic E-state index is 12.4. The Morgan fingerprint density at radius 1 is 1.24 bits per heavy atom. The summed E-state index contributed by atoms with van der Waals surface area (Å²) in [6.07, 6.45) is 5.70. The molecule has 25 heavy (non-hydrogen) atoms. The van der Waals surface area contributed by atoms with E-state index in [2.05, 4.69) is 4.40 Å². The van der Waals surface area contributed by atoms with Gasteiger partial charge in [-0.05, 0) is 43.7 Å². The van der Waals surface area contributed by atoms with Gasteiger partial charge in [0.2, 0.25) is 0 Å². The summed E-state index contributed by atoms with van der Waals surface area (Å²) < 4.78 is 24.0. The van der Waals surface area contributed by atoms with Gasteiger partial charge in [0, 0.05) is 37.0 Å². The van der Waals surface area contributed by atoms with Crippen molar-refractivity contribution in [2.75, 3.05) is 25.4 Å². The fourth-order valence-electron chi connectivity index (χ4n) is 2.94. The molecule has 2 N–H and O–H groups in total. The first kappa shape index (κ1) is 17.7. The number of hydrogen-bond acceptors (Lipinski definition) is 5. The second kappa shape index (κ2) is 7.03. The summed E-state index contributed by atoms with van der Waals surface area (Å²) in [7, 11) is -2.92. The highest BCUT2D eigenvalue weighted by Gasteiger charge is 2.28. The summed E-state index contributed by atoms with van der Waals surface area (Å²) in [6, 6.07) is 7.37. The molecule has 0 bridgehead atoms. The normalized spacial score (nSPS) is 19.6. The minimum absolute atomic E-state index is 0.0138. The minimum atomic E-state index is -2.92. The van der Waals surface area contributed by atoms with Gasteiger partial charge in [-0.15, -0.1) is 4.40 Å². The molecule has 0 aliphatic carbocycles. The van der Waals surface area contributed by atoms with Gasteiger partial charge >= 0.3 is 0 Å². The van der Waals surface area contributed by atoms with Crippen LogP contribution in [0.5, 0.6) is 0 Å². The van der Waals surface area contributed by atoms with Crippen molar-refractivity contribution in [1.82, 2.24) is 9.80 Å². The number of hydrogen-bond donors (Lipinski definition) is 2. The first-order chi connectivity index (χ1) is 11.9. The summed E-state index contributed by atoms with van der Waals surface area (Å²) in [6.45, 7) is 5.80. The lowest BCUT2D eigenvalue weighted by molar-refractivity contribution is 0.0773. The van der Waals surface area contributed by atoms with Crippen LogP contribution in [0.3, 0.4) is 0 Å². The quantitative estimate of drug-likeness (QED) is 0.861. The summed E-state index contributed by atoms with van der Waals surface area (Å²) in [5.74, 6) is 0.822. The van der Waals surface area contributed by atoms with E-state index in [-0.39, 0.29) is 11.7 Å². The standard InChI is InChI=1S/C18H23N3O3S/c1-3-20(4-2)18(22)15-9-7-14(8-10-15)16-6-5-11-21-12-13-25(23,24)19-17(16)21/h5-11,23-24H,3-4,12-13H2,1-2H3. The van der Waals surface area contributed by atoms with E-state index in [1.807, 2.05) is 49.2 Å². The lowest BCUT2D eigenvalue weighted by Gasteiger charge is -2.38. The van der Waals surface area contributed by atoms with E-state index in [0.717, 1.165) is 11.1 Å². The molecule has 0 fully saturated rings. The third-order valence-corrected chi connectivity index (χ3v) is 5.57. The fourth-order valence-corrected chi connectivity index (χ4v) is 3.95. The number of benzene rings is 1. The van der Waals surface area contributed by atoms with Crippen LogP contribution >= 0.6 is 10.8 Å². The molecule has 2 heterocycles. The highest BCUT2D eigenvalue weighted by atomic mass is 32.3. The first-order valence-electron chi connectivity index (χ1n) is 8.36. The fraction of sp³-hybridized carbons (Fsp3) is 0.333. The molecule has 1 aromatic rings. The molecule has 0 unspecified atom stereocenters. The zero-order chi connectivity index (χ0) is 18.0. The number of nitrogens with zero attached hydrogens (tertiary/aromatic N) is 3.